The van der Waals surface area contributed by atoms with E-state index in [1.165, 1.54) is 4.88 Å². The molecule has 0 aliphatic heterocycles. The lowest BCUT2D eigenvalue weighted by molar-refractivity contribution is 0.595. The lowest BCUT2D eigenvalue weighted by atomic mass is 10.3. The maximum absolute atomic E-state index is 12.2. The van der Waals surface area contributed by atoms with Crippen molar-refractivity contribution >= 4 is 26.9 Å². The SMILES string of the molecule is CCCS(=O)(=O)c1ccccc1NCc1cccs1. The summed E-state index contributed by atoms with van der Waals surface area (Å²) in [4.78, 5) is 1.58. The maximum Gasteiger partial charge on any atom is 0.180 e. The van der Waals surface area contributed by atoms with Crippen molar-refractivity contribution in [2.45, 2.75) is 24.8 Å². The van der Waals surface area contributed by atoms with Gasteiger partial charge in [-0.25, -0.2) is 8.42 Å². The third-order valence-corrected chi connectivity index (χ3v) is 5.58. The van der Waals surface area contributed by atoms with Gasteiger partial charge in [-0.15, -0.1) is 11.3 Å². The minimum Gasteiger partial charge on any atom is -0.379 e. The first-order valence-corrected chi connectivity index (χ1v) is 8.74. The average Bonchev–Trinajstić information content (AvgIpc) is 2.90. The first-order valence-electron chi connectivity index (χ1n) is 6.21. The van der Waals surface area contributed by atoms with E-state index in [1.807, 2.05) is 36.6 Å². The monoisotopic (exact) mass is 295 g/mol. The Labute approximate surface area is 118 Å². The van der Waals surface area contributed by atoms with Gasteiger partial charge in [-0.1, -0.05) is 25.1 Å². The number of thiophene rings is 1. The van der Waals surface area contributed by atoms with E-state index in [0.29, 0.717) is 23.5 Å². The molecule has 3 nitrogen and oxygen atoms in total. The van der Waals surface area contributed by atoms with Crippen molar-refractivity contribution in [1.29, 1.82) is 0 Å². The predicted octanol–water partition coefficient (Wildman–Crippen LogP) is 3.54. The van der Waals surface area contributed by atoms with Crippen LogP contribution in [-0.2, 0) is 16.4 Å². The molecule has 0 aliphatic rings. The molecule has 2 rings (SSSR count). The third kappa shape index (κ3) is 3.58. The Balaban J connectivity index is 2.21. The molecule has 0 fully saturated rings. The van der Waals surface area contributed by atoms with E-state index in [4.69, 9.17) is 0 Å². The Morgan fingerprint density at radius 2 is 1.95 bits per heavy atom. The van der Waals surface area contributed by atoms with Crippen LogP contribution < -0.4 is 5.32 Å². The van der Waals surface area contributed by atoms with Crippen molar-refractivity contribution in [3.63, 3.8) is 0 Å². The summed E-state index contributed by atoms with van der Waals surface area (Å²) in [6, 6.07) is 11.1. The standard InChI is InChI=1S/C14H17NO2S2/c1-2-10-19(16,17)14-8-4-3-7-13(14)15-11-12-6-5-9-18-12/h3-9,15H,2,10-11H2,1H3. The summed E-state index contributed by atoms with van der Waals surface area (Å²) < 4.78 is 24.4. The second-order valence-electron chi connectivity index (χ2n) is 4.25. The molecule has 0 atom stereocenters. The molecular formula is C14H17NO2S2. The van der Waals surface area contributed by atoms with Crippen molar-refractivity contribution in [1.82, 2.24) is 0 Å². The van der Waals surface area contributed by atoms with Gasteiger partial charge in [-0.2, -0.15) is 0 Å². The number of nitrogens with one attached hydrogen (secondary N) is 1. The molecule has 0 radical (unpaired) electrons. The molecule has 19 heavy (non-hydrogen) atoms. The molecule has 1 aromatic heterocycles. The van der Waals surface area contributed by atoms with Crippen LogP contribution in [0.1, 0.15) is 18.2 Å². The van der Waals surface area contributed by atoms with Gasteiger partial charge >= 0.3 is 0 Å². The number of para-hydroxylation sites is 1. The summed E-state index contributed by atoms with van der Waals surface area (Å²) in [5.74, 6) is 0.185. The largest absolute Gasteiger partial charge is 0.379 e. The van der Waals surface area contributed by atoms with Crippen molar-refractivity contribution in [2.75, 3.05) is 11.1 Å². The molecule has 0 saturated carbocycles. The highest BCUT2D eigenvalue weighted by Crippen LogP contribution is 2.23. The van der Waals surface area contributed by atoms with Gasteiger partial charge in [0, 0.05) is 11.4 Å². The molecule has 0 amide bonds. The Bertz CT molecular complexity index is 619. The van der Waals surface area contributed by atoms with Crippen LogP contribution in [-0.4, -0.2) is 14.2 Å². The first kappa shape index (κ1) is 14.1. The summed E-state index contributed by atoms with van der Waals surface area (Å²) in [5, 5.41) is 5.22. The molecule has 1 N–H and O–H groups in total. The lowest BCUT2D eigenvalue weighted by Crippen LogP contribution is -2.10. The van der Waals surface area contributed by atoms with Gasteiger partial charge in [0.2, 0.25) is 0 Å². The molecule has 1 heterocycles. The predicted molar refractivity (Wildman–Crippen MR) is 80.4 cm³/mol. The second-order valence-corrected chi connectivity index (χ2v) is 7.36. The first-order chi connectivity index (χ1) is 9.13. The van der Waals surface area contributed by atoms with Crippen LogP contribution in [0.2, 0.25) is 0 Å². The molecule has 0 aliphatic carbocycles. The zero-order valence-electron chi connectivity index (χ0n) is 10.8. The number of hydrogen-bond donors (Lipinski definition) is 1. The summed E-state index contributed by atoms with van der Waals surface area (Å²) in [5.41, 5.74) is 0.685. The molecule has 5 heteroatoms. The maximum atomic E-state index is 12.2. The molecule has 102 valence electrons. The highest BCUT2D eigenvalue weighted by molar-refractivity contribution is 7.91. The summed E-state index contributed by atoms with van der Waals surface area (Å²) in [6.07, 6.45) is 0.627. The van der Waals surface area contributed by atoms with Gasteiger partial charge in [-0.3, -0.25) is 0 Å². The number of sulfone groups is 1. The van der Waals surface area contributed by atoms with Crippen LogP contribution in [0.25, 0.3) is 0 Å². The topological polar surface area (TPSA) is 46.2 Å². The molecule has 1 aromatic carbocycles. The molecule has 2 aromatic rings. The van der Waals surface area contributed by atoms with Gasteiger partial charge in [0.1, 0.15) is 0 Å². The normalized spacial score (nSPS) is 11.4. The number of rotatable bonds is 6. The molecule has 0 spiro atoms. The molecule has 0 saturated heterocycles. The number of benzene rings is 1. The van der Waals surface area contributed by atoms with Gasteiger partial charge in [0.05, 0.1) is 16.3 Å². The minimum atomic E-state index is -3.19. The van der Waals surface area contributed by atoms with Gasteiger partial charge in [0.25, 0.3) is 0 Å². The zero-order valence-corrected chi connectivity index (χ0v) is 12.4. The quantitative estimate of drug-likeness (QED) is 0.886. The van der Waals surface area contributed by atoms with Crippen LogP contribution in [0, 0.1) is 0 Å². The van der Waals surface area contributed by atoms with E-state index in [0.717, 1.165) is 0 Å². The Morgan fingerprint density at radius 1 is 1.16 bits per heavy atom. The van der Waals surface area contributed by atoms with E-state index >= 15 is 0 Å². The lowest BCUT2D eigenvalue weighted by Gasteiger charge is -2.11. The van der Waals surface area contributed by atoms with Gasteiger partial charge in [0.15, 0.2) is 9.84 Å². The fraction of sp³-hybridized carbons (Fsp3) is 0.286. The van der Waals surface area contributed by atoms with E-state index < -0.39 is 9.84 Å². The van der Waals surface area contributed by atoms with Crippen LogP contribution in [0.15, 0.2) is 46.7 Å². The van der Waals surface area contributed by atoms with E-state index in [1.54, 1.807) is 23.5 Å². The Kier molecular flexibility index (Phi) is 4.61. The molecule has 0 bridgehead atoms. The second kappa shape index (κ2) is 6.21. The Hall–Kier alpha value is -1.33. The fourth-order valence-electron chi connectivity index (χ4n) is 1.86. The zero-order chi connectivity index (χ0) is 13.7. The van der Waals surface area contributed by atoms with Crippen molar-refractivity contribution < 1.29 is 8.42 Å². The van der Waals surface area contributed by atoms with Crippen LogP contribution in [0.5, 0.6) is 0 Å². The van der Waals surface area contributed by atoms with Crippen molar-refractivity contribution in [3.05, 3.63) is 46.7 Å². The van der Waals surface area contributed by atoms with Crippen LogP contribution in [0.4, 0.5) is 5.69 Å². The van der Waals surface area contributed by atoms with Crippen molar-refractivity contribution in [3.8, 4) is 0 Å². The summed E-state index contributed by atoms with van der Waals surface area (Å²) >= 11 is 1.65. The highest BCUT2D eigenvalue weighted by Gasteiger charge is 2.17. The molecule has 0 unspecified atom stereocenters. The van der Waals surface area contributed by atoms with Crippen molar-refractivity contribution in [2.24, 2.45) is 0 Å². The number of hydrogen-bond acceptors (Lipinski definition) is 4. The van der Waals surface area contributed by atoms with Gasteiger partial charge in [-0.05, 0) is 30.0 Å². The number of anilines is 1. The highest BCUT2D eigenvalue weighted by atomic mass is 32.2. The van der Waals surface area contributed by atoms with E-state index in [2.05, 4.69) is 5.32 Å². The minimum absolute atomic E-state index is 0.185. The Morgan fingerprint density at radius 3 is 2.63 bits per heavy atom. The fourth-order valence-corrected chi connectivity index (χ4v) is 4.02. The van der Waals surface area contributed by atoms with Crippen LogP contribution >= 0.6 is 11.3 Å². The van der Waals surface area contributed by atoms with E-state index in [-0.39, 0.29) is 5.75 Å². The van der Waals surface area contributed by atoms with Gasteiger partial charge < -0.3 is 5.32 Å². The third-order valence-electron chi connectivity index (χ3n) is 2.73. The smallest absolute Gasteiger partial charge is 0.180 e. The summed E-state index contributed by atoms with van der Waals surface area (Å²) in [6.45, 7) is 2.52. The van der Waals surface area contributed by atoms with Crippen LogP contribution in [0.3, 0.4) is 0 Å². The summed E-state index contributed by atoms with van der Waals surface area (Å²) in [7, 11) is -3.19. The van der Waals surface area contributed by atoms with E-state index in [9.17, 15) is 8.42 Å². The average molecular weight is 295 g/mol. The molecular weight excluding hydrogens is 278 g/mol.